The van der Waals surface area contributed by atoms with Gasteiger partial charge in [-0.05, 0) is 37.3 Å². The summed E-state index contributed by atoms with van der Waals surface area (Å²) in [6.45, 7) is 2.01. The van der Waals surface area contributed by atoms with E-state index in [2.05, 4.69) is 20.4 Å². The molecule has 0 radical (unpaired) electrons. The van der Waals surface area contributed by atoms with E-state index in [0.29, 0.717) is 22.5 Å². The van der Waals surface area contributed by atoms with Gasteiger partial charge in [-0.1, -0.05) is 35.9 Å². The predicted molar refractivity (Wildman–Crippen MR) is 117 cm³/mol. The predicted octanol–water partition coefficient (Wildman–Crippen LogP) is 5.24. The fourth-order valence-electron chi connectivity index (χ4n) is 3.11. The zero-order valence-electron chi connectivity index (χ0n) is 17.3. The molecule has 2 aromatic heterocycles. The SMILES string of the molecule is Cc1cnc(CNC(=O)c2ccc(-c3cc(C(F)(F)F)nn3-c3ccccc3Cl)cc2)cn1. The number of carbonyl (C=O) groups excluding carboxylic acids is 1. The molecule has 10 heteroatoms. The highest BCUT2D eigenvalue weighted by molar-refractivity contribution is 6.32. The van der Waals surface area contributed by atoms with Gasteiger partial charge in [-0.2, -0.15) is 18.3 Å². The van der Waals surface area contributed by atoms with Crippen molar-refractivity contribution in [1.29, 1.82) is 0 Å². The van der Waals surface area contributed by atoms with Gasteiger partial charge in [0.25, 0.3) is 5.91 Å². The zero-order valence-corrected chi connectivity index (χ0v) is 18.0. The van der Waals surface area contributed by atoms with E-state index < -0.39 is 11.9 Å². The first kappa shape index (κ1) is 22.5. The van der Waals surface area contributed by atoms with Crippen LogP contribution < -0.4 is 5.32 Å². The first-order valence-corrected chi connectivity index (χ1v) is 10.2. The molecular formula is C23H17ClF3N5O. The monoisotopic (exact) mass is 471 g/mol. The molecule has 0 aliphatic rings. The minimum absolute atomic E-state index is 0.192. The van der Waals surface area contributed by atoms with Crippen molar-refractivity contribution in [2.45, 2.75) is 19.6 Å². The highest BCUT2D eigenvalue weighted by Gasteiger charge is 2.35. The van der Waals surface area contributed by atoms with Gasteiger partial charge in [-0.25, -0.2) is 4.68 Å². The van der Waals surface area contributed by atoms with Crippen molar-refractivity contribution in [3.05, 3.63) is 94.7 Å². The number of alkyl halides is 3. The number of para-hydroxylation sites is 1. The molecule has 0 fully saturated rings. The molecular weight excluding hydrogens is 455 g/mol. The molecule has 4 aromatic rings. The third kappa shape index (κ3) is 5.04. The van der Waals surface area contributed by atoms with Crippen molar-refractivity contribution in [1.82, 2.24) is 25.1 Å². The average molecular weight is 472 g/mol. The zero-order chi connectivity index (χ0) is 23.6. The van der Waals surface area contributed by atoms with Gasteiger partial charge in [0, 0.05) is 17.3 Å². The number of aromatic nitrogens is 4. The Hall–Kier alpha value is -3.72. The van der Waals surface area contributed by atoms with Gasteiger partial charge in [0.15, 0.2) is 5.69 Å². The van der Waals surface area contributed by atoms with Crippen LogP contribution in [-0.4, -0.2) is 25.7 Å². The molecule has 0 saturated carbocycles. The van der Waals surface area contributed by atoms with Crippen molar-refractivity contribution >= 4 is 17.5 Å². The van der Waals surface area contributed by atoms with E-state index in [1.165, 1.54) is 12.1 Å². The van der Waals surface area contributed by atoms with Gasteiger partial charge < -0.3 is 5.32 Å². The fraction of sp³-hybridized carbons (Fsp3) is 0.130. The lowest BCUT2D eigenvalue weighted by Gasteiger charge is -2.10. The lowest BCUT2D eigenvalue weighted by molar-refractivity contribution is -0.141. The van der Waals surface area contributed by atoms with Crippen LogP contribution in [0.5, 0.6) is 0 Å². The fourth-order valence-corrected chi connectivity index (χ4v) is 3.32. The van der Waals surface area contributed by atoms with E-state index in [-0.39, 0.29) is 23.2 Å². The van der Waals surface area contributed by atoms with Gasteiger partial charge in [-0.15, -0.1) is 0 Å². The lowest BCUT2D eigenvalue weighted by Crippen LogP contribution is -2.23. The van der Waals surface area contributed by atoms with Gasteiger partial charge in [0.1, 0.15) is 0 Å². The van der Waals surface area contributed by atoms with Crippen molar-refractivity contribution in [3.8, 4) is 16.9 Å². The maximum absolute atomic E-state index is 13.4. The molecule has 0 aliphatic heterocycles. The van der Waals surface area contributed by atoms with Gasteiger partial charge in [-0.3, -0.25) is 14.8 Å². The number of hydrogen-bond acceptors (Lipinski definition) is 4. The molecule has 2 aromatic carbocycles. The van der Waals surface area contributed by atoms with Crippen molar-refractivity contribution in [2.24, 2.45) is 0 Å². The maximum atomic E-state index is 13.4. The summed E-state index contributed by atoms with van der Waals surface area (Å²) >= 11 is 6.20. The van der Waals surface area contributed by atoms with Crippen molar-refractivity contribution in [2.75, 3.05) is 0 Å². The number of halogens is 4. The van der Waals surface area contributed by atoms with Crippen LogP contribution in [0, 0.1) is 6.92 Å². The summed E-state index contributed by atoms with van der Waals surface area (Å²) in [6, 6.07) is 13.6. The minimum Gasteiger partial charge on any atom is -0.346 e. The molecule has 0 aliphatic carbocycles. The van der Waals surface area contributed by atoms with Gasteiger partial charge in [0.05, 0.1) is 40.5 Å². The summed E-state index contributed by atoms with van der Waals surface area (Å²) in [4.78, 5) is 20.8. The highest BCUT2D eigenvalue weighted by Crippen LogP contribution is 2.34. The maximum Gasteiger partial charge on any atom is 0.435 e. The number of carbonyl (C=O) groups is 1. The molecule has 1 amide bonds. The van der Waals surface area contributed by atoms with E-state index in [1.54, 1.807) is 48.8 Å². The van der Waals surface area contributed by atoms with Crippen molar-refractivity contribution < 1.29 is 18.0 Å². The van der Waals surface area contributed by atoms with E-state index in [0.717, 1.165) is 16.4 Å². The van der Waals surface area contributed by atoms with Crippen LogP contribution in [-0.2, 0) is 12.7 Å². The summed E-state index contributed by atoms with van der Waals surface area (Å²) in [5.74, 6) is -0.348. The standard InChI is InChI=1S/C23H17ClF3N5O/c1-14-11-29-17(12-28-14)13-30-22(33)16-8-6-15(7-9-16)20-10-21(23(25,26)27)31-32(20)19-5-3-2-4-18(19)24/h2-12H,13H2,1H3,(H,30,33). The molecule has 0 spiro atoms. The number of nitrogens with one attached hydrogen (secondary N) is 1. The Morgan fingerprint density at radius 1 is 1.06 bits per heavy atom. The van der Waals surface area contributed by atoms with Crippen LogP contribution in [0.25, 0.3) is 16.9 Å². The first-order chi connectivity index (χ1) is 15.7. The number of amides is 1. The van der Waals surface area contributed by atoms with Gasteiger partial charge >= 0.3 is 6.18 Å². The Balaban J connectivity index is 1.60. The third-order valence-corrected chi connectivity index (χ3v) is 5.11. The molecule has 168 valence electrons. The summed E-state index contributed by atoms with van der Waals surface area (Å²) < 4.78 is 41.2. The second kappa shape index (κ2) is 9.03. The summed E-state index contributed by atoms with van der Waals surface area (Å²) in [7, 11) is 0. The smallest absolute Gasteiger partial charge is 0.346 e. The Kier molecular flexibility index (Phi) is 6.15. The molecule has 0 saturated heterocycles. The molecule has 0 unspecified atom stereocenters. The lowest BCUT2D eigenvalue weighted by atomic mass is 10.1. The summed E-state index contributed by atoms with van der Waals surface area (Å²) in [5.41, 5.74) is 1.62. The quantitative estimate of drug-likeness (QED) is 0.432. The third-order valence-electron chi connectivity index (χ3n) is 4.79. The number of benzene rings is 2. The van der Waals surface area contributed by atoms with Crippen LogP contribution in [0.3, 0.4) is 0 Å². The Bertz CT molecular complexity index is 1280. The Morgan fingerprint density at radius 3 is 2.42 bits per heavy atom. The highest BCUT2D eigenvalue weighted by atomic mass is 35.5. The largest absolute Gasteiger partial charge is 0.435 e. The molecule has 6 nitrogen and oxygen atoms in total. The normalized spacial score (nSPS) is 11.4. The number of nitrogens with zero attached hydrogens (tertiary/aromatic N) is 4. The molecule has 0 atom stereocenters. The average Bonchev–Trinajstić information content (AvgIpc) is 3.25. The summed E-state index contributed by atoms with van der Waals surface area (Å²) in [6.07, 6.45) is -1.44. The molecule has 2 heterocycles. The van der Waals surface area contributed by atoms with Crippen molar-refractivity contribution in [3.63, 3.8) is 0 Å². The number of hydrogen-bond donors (Lipinski definition) is 1. The number of rotatable bonds is 5. The van der Waals surface area contributed by atoms with Crippen LogP contribution in [0.1, 0.15) is 27.4 Å². The second-order valence-electron chi connectivity index (χ2n) is 7.18. The van der Waals surface area contributed by atoms with E-state index in [1.807, 2.05) is 6.92 Å². The van der Waals surface area contributed by atoms with Crippen LogP contribution >= 0.6 is 11.6 Å². The van der Waals surface area contributed by atoms with Gasteiger partial charge in [0.2, 0.25) is 0 Å². The topological polar surface area (TPSA) is 72.7 Å². The Morgan fingerprint density at radius 2 is 1.79 bits per heavy atom. The van der Waals surface area contributed by atoms with E-state index in [4.69, 9.17) is 11.6 Å². The summed E-state index contributed by atoms with van der Waals surface area (Å²) in [5, 5.41) is 6.72. The van der Waals surface area contributed by atoms with Crippen LogP contribution in [0.15, 0.2) is 67.0 Å². The van der Waals surface area contributed by atoms with E-state index in [9.17, 15) is 18.0 Å². The number of aryl methyl sites for hydroxylation is 1. The first-order valence-electron chi connectivity index (χ1n) is 9.81. The Labute approximate surface area is 192 Å². The van der Waals surface area contributed by atoms with Crippen LogP contribution in [0.4, 0.5) is 13.2 Å². The molecule has 1 N–H and O–H groups in total. The van der Waals surface area contributed by atoms with E-state index >= 15 is 0 Å². The molecule has 4 rings (SSSR count). The molecule has 0 bridgehead atoms. The minimum atomic E-state index is -4.63. The molecule has 33 heavy (non-hydrogen) atoms. The second-order valence-corrected chi connectivity index (χ2v) is 7.59. The van der Waals surface area contributed by atoms with Crippen LogP contribution in [0.2, 0.25) is 5.02 Å².